The summed E-state index contributed by atoms with van der Waals surface area (Å²) < 4.78 is 17.6. The van der Waals surface area contributed by atoms with Gasteiger partial charge in [0.2, 0.25) is 0 Å². The van der Waals surface area contributed by atoms with Gasteiger partial charge in [-0.3, -0.25) is 4.79 Å². The Hall–Kier alpha value is -0.940. The Labute approximate surface area is 95.0 Å². The number of aliphatic hydroxyl groups is 1. The summed E-state index contributed by atoms with van der Waals surface area (Å²) in [5.74, 6) is -0.922. The van der Waals surface area contributed by atoms with Gasteiger partial charge in [0.15, 0.2) is 0 Å². The predicted octanol–water partition coefficient (Wildman–Crippen LogP) is 2.18. The van der Waals surface area contributed by atoms with Gasteiger partial charge < -0.3 is 9.84 Å². The van der Waals surface area contributed by atoms with Crippen molar-refractivity contribution in [2.45, 2.75) is 12.5 Å². The molecule has 82 valence electrons. The van der Waals surface area contributed by atoms with Crippen molar-refractivity contribution in [2.24, 2.45) is 0 Å². The third-order valence-corrected chi connectivity index (χ3v) is 2.60. The molecule has 0 bridgehead atoms. The van der Waals surface area contributed by atoms with Crippen molar-refractivity contribution in [1.82, 2.24) is 0 Å². The quantitative estimate of drug-likeness (QED) is 0.861. The van der Waals surface area contributed by atoms with E-state index in [4.69, 9.17) is 0 Å². The lowest BCUT2D eigenvalue weighted by molar-refractivity contribution is -0.142. The molecule has 1 atom stereocenters. The van der Waals surface area contributed by atoms with Crippen LogP contribution in [0.3, 0.4) is 0 Å². The summed E-state index contributed by atoms with van der Waals surface area (Å²) in [7, 11) is 1.24. The molecule has 1 rings (SSSR count). The van der Waals surface area contributed by atoms with Crippen LogP contribution in [0, 0.1) is 5.82 Å². The van der Waals surface area contributed by atoms with Crippen LogP contribution in [0.4, 0.5) is 4.39 Å². The van der Waals surface area contributed by atoms with E-state index in [1.165, 1.54) is 25.3 Å². The molecule has 0 radical (unpaired) electrons. The van der Waals surface area contributed by atoms with E-state index in [-0.39, 0.29) is 6.42 Å². The van der Waals surface area contributed by atoms with Crippen molar-refractivity contribution in [3.63, 3.8) is 0 Å². The van der Waals surface area contributed by atoms with Gasteiger partial charge >= 0.3 is 5.97 Å². The standard InChI is InChI=1S/C10H10BrFO3/c1-15-10(14)5-9(13)7-3-2-6(12)4-8(7)11/h2-4,9,13H,5H2,1H3. The van der Waals surface area contributed by atoms with Gasteiger partial charge in [-0.2, -0.15) is 0 Å². The number of carbonyl (C=O) groups is 1. The van der Waals surface area contributed by atoms with E-state index in [1.807, 2.05) is 0 Å². The molecule has 1 N–H and O–H groups in total. The molecule has 0 amide bonds. The van der Waals surface area contributed by atoms with Crippen LogP contribution in [0.2, 0.25) is 0 Å². The van der Waals surface area contributed by atoms with Gasteiger partial charge in [0.25, 0.3) is 0 Å². The first-order chi connectivity index (χ1) is 7.04. The topological polar surface area (TPSA) is 46.5 Å². The van der Waals surface area contributed by atoms with Gasteiger partial charge in [-0.05, 0) is 17.7 Å². The Kier molecular flexibility index (Phi) is 4.23. The summed E-state index contributed by atoms with van der Waals surface area (Å²) in [6.07, 6.45) is -1.15. The van der Waals surface area contributed by atoms with Crippen LogP contribution >= 0.6 is 15.9 Å². The van der Waals surface area contributed by atoms with Crippen LogP contribution in [-0.4, -0.2) is 18.2 Å². The molecule has 0 saturated carbocycles. The highest BCUT2D eigenvalue weighted by Gasteiger charge is 2.16. The predicted molar refractivity (Wildman–Crippen MR) is 55.7 cm³/mol. The Morgan fingerprint density at radius 3 is 2.87 bits per heavy atom. The molecule has 3 nitrogen and oxygen atoms in total. The molecule has 0 aromatic heterocycles. The van der Waals surface area contributed by atoms with Gasteiger partial charge in [0, 0.05) is 4.47 Å². The van der Waals surface area contributed by atoms with Gasteiger partial charge in [-0.15, -0.1) is 0 Å². The largest absolute Gasteiger partial charge is 0.469 e. The monoisotopic (exact) mass is 276 g/mol. The van der Waals surface area contributed by atoms with Crippen LogP contribution in [0.25, 0.3) is 0 Å². The second-order valence-corrected chi connectivity index (χ2v) is 3.82. The minimum atomic E-state index is -0.993. The Balaban J connectivity index is 2.82. The lowest BCUT2D eigenvalue weighted by atomic mass is 10.1. The number of ether oxygens (including phenoxy) is 1. The SMILES string of the molecule is COC(=O)CC(O)c1ccc(F)cc1Br. The van der Waals surface area contributed by atoms with Crippen molar-refractivity contribution < 1.29 is 19.0 Å². The highest BCUT2D eigenvalue weighted by atomic mass is 79.9. The van der Waals surface area contributed by atoms with Gasteiger partial charge in [0.1, 0.15) is 5.82 Å². The fourth-order valence-electron chi connectivity index (χ4n) is 1.12. The van der Waals surface area contributed by atoms with Crippen molar-refractivity contribution in [3.05, 3.63) is 34.1 Å². The van der Waals surface area contributed by atoms with Crippen LogP contribution in [-0.2, 0) is 9.53 Å². The van der Waals surface area contributed by atoms with Crippen molar-refractivity contribution in [1.29, 1.82) is 0 Å². The lowest BCUT2D eigenvalue weighted by Crippen LogP contribution is -2.08. The first-order valence-electron chi connectivity index (χ1n) is 4.24. The molecule has 0 fully saturated rings. The molecule has 0 aliphatic rings. The molecular formula is C10H10BrFO3. The fourth-order valence-corrected chi connectivity index (χ4v) is 1.74. The maximum atomic E-state index is 12.7. The van der Waals surface area contributed by atoms with Crippen molar-refractivity contribution >= 4 is 21.9 Å². The third kappa shape index (κ3) is 3.28. The average Bonchev–Trinajstić information content (AvgIpc) is 2.17. The Morgan fingerprint density at radius 1 is 1.67 bits per heavy atom. The second-order valence-electron chi connectivity index (χ2n) is 2.96. The Bertz CT molecular complexity index is 368. The maximum Gasteiger partial charge on any atom is 0.308 e. The molecule has 0 saturated heterocycles. The van der Waals surface area contributed by atoms with E-state index >= 15 is 0 Å². The van der Waals surface area contributed by atoms with Crippen LogP contribution in [0.1, 0.15) is 18.1 Å². The number of aliphatic hydroxyl groups excluding tert-OH is 1. The number of carbonyl (C=O) groups excluding carboxylic acids is 1. The summed E-state index contributed by atoms with van der Waals surface area (Å²) in [5, 5.41) is 9.64. The number of benzene rings is 1. The van der Waals surface area contributed by atoms with Crippen molar-refractivity contribution in [2.75, 3.05) is 7.11 Å². The second kappa shape index (κ2) is 5.23. The van der Waals surface area contributed by atoms with E-state index in [9.17, 15) is 14.3 Å². The van der Waals surface area contributed by atoms with Crippen LogP contribution in [0.15, 0.2) is 22.7 Å². The zero-order chi connectivity index (χ0) is 11.4. The zero-order valence-electron chi connectivity index (χ0n) is 8.04. The molecule has 0 aliphatic carbocycles. The van der Waals surface area contributed by atoms with Gasteiger partial charge in [-0.1, -0.05) is 22.0 Å². The number of hydrogen-bond donors (Lipinski definition) is 1. The smallest absolute Gasteiger partial charge is 0.308 e. The van der Waals surface area contributed by atoms with Crippen LogP contribution < -0.4 is 0 Å². The van der Waals surface area contributed by atoms with E-state index in [0.29, 0.717) is 10.0 Å². The molecule has 0 heterocycles. The molecule has 1 aromatic carbocycles. The van der Waals surface area contributed by atoms with E-state index in [2.05, 4.69) is 20.7 Å². The number of esters is 1. The summed E-state index contributed by atoms with van der Waals surface area (Å²) in [5.41, 5.74) is 0.460. The van der Waals surface area contributed by atoms with Gasteiger partial charge in [0.05, 0.1) is 19.6 Å². The number of methoxy groups -OCH3 is 1. The Morgan fingerprint density at radius 2 is 2.33 bits per heavy atom. The normalized spacial score (nSPS) is 12.3. The highest BCUT2D eigenvalue weighted by Crippen LogP contribution is 2.26. The molecule has 5 heteroatoms. The molecule has 0 spiro atoms. The van der Waals surface area contributed by atoms with E-state index in [0.717, 1.165) is 0 Å². The van der Waals surface area contributed by atoms with E-state index in [1.54, 1.807) is 0 Å². The summed E-state index contributed by atoms with van der Waals surface area (Å²) in [6.45, 7) is 0. The third-order valence-electron chi connectivity index (χ3n) is 1.91. The first kappa shape index (κ1) is 12.1. The summed E-state index contributed by atoms with van der Waals surface area (Å²) in [4.78, 5) is 10.9. The molecule has 15 heavy (non-hydrogen) atoms. The average molecular weight is 277 g/mol. The minimum absolute atomic E-state index is 0.152. The highest BCUT2D eigenvalue weighted by molar-refractivity contribution is 9.10. The van der Waals surface area contributed by atoms with Gasteiger partial charge in [-0.25, -0.2) is 4.39 Å². The maximum absolute atomic E-state index is 12.7. The van der Waals surface area contributed by atoms with Crippen LogP contribution in [0.5, 0.6) is 0 Å². The summed E-state index contributed by atoms with van der Waals surface area (Å²) >= 11 is 3.11. The number of hydrogen-bond acceptors (Lipinski definition) is 3. The van der Waals surface area contributed by atoms with E-state index < -0.39 is 17.9 Å². The number of rotatable bonds is 3. The number of halogens is 2. The molecular weight excluding hydrogens is 267 g/mol. The van der Waals surface area contributed by atoms with Crippen molar-refractivity contribution in [3.8, 4) is 0 Å². The zero-order valence-corrected chi connectivity index (χ0v) is 9.62. The molecule has 1 unspecified atom stereocenters. The molecule has 1 aromatic rings. The molecule has 0 aliphatic heterocycles. The first-order valence-corrected chi connectivity index (χ1v) is 5.03. The fraction of sp³-hybridized carbons (Fsp3) is 0.300. The summed E-state index contributed by atoms with van der Waals surface area (Å²) in [6, 6.07) is 3.88. The lowest BCUT2D eigenvalue weighted by Gasteiger charge is -2.11. The minimum Gasteiger partial charge on any atom is -0.469 e.